The van der Waals surface area contributed by atoms with E-state index in [9.17, 15) is 0 Å². The molecule has 1 atom stereocenters. The molecule has 21 heavy (non-hydrogen) atoms. The lowest BCUT2D eigenvalue weighted by molar-refractivity contribution is 0.854. The number of hydrogen-bond acceptors (Lipinski definition) is 2. The van der Waals surface area contributed by atoms with Crippen LogP contribution in [0.5, 0.6) is 0 Å². The average molecular weight is 335 g/mol. The summed E-state index contributed by atoms with van der Waals surface area (Å²) in [5.41, 5.74) is 2.09. The molecule has 0 saturated heterocycles. The van der Waals surface area contributed by atoms with E-state index in [2.05, 4.69) is 58.4 Å². The molecule has 100 valence electrons. The summed E-state index contributed by atoms with van der Waals surface area (Å²) in [4.78, 5) is 0. The summed E-state index contributed by atoms with van der Waals surface area (Å²) in [6.07, 6.45) is 7.37. The van der Waals surface area contributed by atoms with E-state index in [0.717, 1.165) is 21.7 Å². The van der Waals surface area contributed by atoms with Crippen LogP contribution in [0.15, 0.2) is 53.0 Å². The molecule has 0 heterocycles. The van der Waals surface area contributed by atoms with E-state index < -0.39 is 0 Å². The van der Waals surface area contributed by atoms with E-state index in [1.54, 1.807) is 12.1 Å². The molecule has 0 amide bonds. The lowest BCUT2D eigenvalue weighted by Crippen LogP contribution is -1.97. The first-order valence-electron chi connectivity index (χ1n) is 6.63. The Morgan fingerprint density at radius 3 is 2.33 bits per heavy atom. The Labute approximate surface area is 131 Å². The van der Waals surface area contributed by atoms with Gasteiger partial charge in [0.2, 0.25) is 0 Å². The van der Waals surface area contributed by atoms with Gasteiger partial charge in [-0.3, -0.25) is 0 Å². The molecule has 1 unspecified atom stereocenters. The molecule has 0 spiro atoms. The van der Waals surface area contributed by atoms with Gasteiger partial charge in [0.05, 0.1) is 11.1 Å². The molecule has 0 N–H and O–H groups in total. The van der Waals surface area contributed by atoms with Crippen molar-refractivity contribution in [3.05, 3.63) is 69.7 Å². The highest BCUT2D eigenvalue weighted by atomic mass is 79.9. The van der Waals surface area contributed by atoms with Crippen LogP contribution in [0.4, 0.5) is 0 Å². The molecule has 0 saturated carbocycles. The second kappa shape index (κ2) is 5.56. The number of allylic oxidation sites excluding steroid dienone is 4. The van der Waals surface area contributed by atoms with Crippen LogP contribution in [-0.2, 0) is 0 Å². The SMILES string of the molecule is N#Cc1cc2ccc(C3C=CC(Br)=CC3)cc2cc1C#N. The molecule has 0 bridgehead atoms. The Morgan fingerprint density at radius 1 is 1.00 bits per heavy atom. The molecule has 0 radical (unpaired) electrons. The quantitative estimate of drug-likeness (QED) is 0.744. The number of nitrogens with zero attached hydrogens (tertiary/aromatic N) is 2. The van der Waals surface area contributed by atoms with Gasteiger partial charge in [0, 0.05) is 10.4 Å². The predicted molar refractivity (Wildman–Crippen MR) is 86.9 cm³/mol. The third kappa shape index (κ3) is 2.61. The maximum absolute atomic E-state index is 9.13. The molecule has 0 aromatic heterocycles. The fourth-order valence-corrected chi connectivity index (χ4v) is 2.91. The summed E-state index contributed by atoms with van der Waals surface area (Å²) in [5, 5.41) is 20.2. The zero-order chi connectivity index (χ0) is 14.8. The summed E-state index contributed by atoms with van der Waals surface area (Å²) in [6.45, 7) is 0. The average Bonchev–Trinajstić information content (AvgIpc) is 2.53. The van der Waals surface area contributed by atoms with Crippen molar-refractivity contribution in [3.63, 3.8) is 0 Å². The maximum atomic E-state index is 9.13. The van der Waals surface area contributed by atoms with Crippen molar-refractivity contribution in [1.29, 1.82) is 10.5 Å². The van der Waals surface area contributed by atoms with Crippen LogP contribution in [0, 0.1) is 22.7 Å². The van der Waals surface area contributed by atoms with E-state index in [1.165, 1.54) is 5.56 Å². The van der Waals surface area contributed by atoms with Crippen LogP contribution in [0.1, 0.15) is 29.0 Å². The standard InChI is InChI=1S/C18H11BrN2/c19-18-5-3-12(4-6-18)13-1-2-14-8-16(10-20)17(11-21)9-15(14)7-13/h1-3,5-9,12H,4H2. The molecule has 1 aliphatic rings. The summed E-state index contributed by atoms with van der Waals surface area (Å²) in [6, 6.07) is 14.0. The molecule has 0 fully saturated rings. The van der Waals surface area contributed by atoms with Gasteiger partial charge in [-0.15, -0.1) is 0 Å². The molecule has 3 rings (SSSR count). The molecule has 2 aromatic carbocycles. The van der Waals surface area contributed by atoms with Crippen molar-refractivity contribution >= 4 is 26.7 Å². The minimum atomic E-state index is 0.358. The van der Waals surface area contributed by atoms with Crippen molar-refractivity contribution in [2.75, 3.05) is 0 Å². The predicted octanol–water partition coefficient (Wildman–Crippen LogP) is 4.91. The van der Waals surface area contributed by atoms with Gasteiger partial charge in [0.15, 0.2) is 0 Å². The summed E-state index contributed by atoms with van der Waals surface area (Å²) in [7, 11) is 0. The summed E-state index contributed by atoms with van der Waals surface area (Å²) in [5.74, 6) is 0.358. The Bertz CT molecular complexity index is 863. The van der Waals surface area contributed by atoms with Gasteiger partial charge in [0.25, 0.3) is 0 Å². The van der Waals surface area contributed by atoms with Crippen molar-refractivity contribution in [2.45, 2.75) is 12.3 Å². The van der Waals surface area contributed by atoms with Crippen LogP contribution < -0.4 is 0 Å². The van der Waals surface area contributed by atoms with Gasteiger partial charge in [-0.2, -0.15) is 10.5 Å². The number of rotatable bonds is 1. The smallest absolute Gasteiger partial charge is 0.101 e. The summed E-state index contributed by atoms with van der Waals surface area (Å²) >= 11 is 3.47. The monoisotopic (exact) mass is 334 g/mol. The zero-order valence-electron chi connectivity index (χ0n) is 11.2. The third-order valence-corrected chi connectivity index (χ3v) is 4.31. The normalized spacial score (nSPS) is 17.1. The number of benzene rings is 2. The minimum absolute atomic E-state index is 0.358. The van der Waals surface area contributed by atoms with Crippen LogP contribution in [0.3, 0.4) is 0 Å². The number of hydrogen-bond donors (Lipinski definition) is 0. The Kier molecular flexibility index (Phi) is 3.60. The topological polar surface area (TPSA) is 47.6 Å². The van der Waals surface area contributed by atoms with Gasteiger partial charge >= 0.3 is 0 Å². The van der Waals surface area contributed by atoms with Crippen molar-refractivity contribution in [3.8, 4) is 12.1 Å². The van der Waals surface area contributed by atoms with Gasteiger partial charge < -0.3 is 0 Å². The second-order valence-electron chi connectivity index (χ2n) is 5.02. The van der Waals surface area contributed by atoms with Crippen molar-refractivity contribution in [2.24, 2.45) is 0 Å². The molecule has 3 heteroatoms. The van der Waals surface area contributed by atoms with E-state index in [-0.39, 0.29) is 0 Å². The Morgan fingerprint density at radius 2 is 1.71 bits per heavy atom. The van der Waals surface area contributed by atoms with Crippen LogP contribution in [0.2, 0.25) is 0 Å². The highest BCUT2D eigenvalue weighted by molar-refractivity contribution is 9.11. The molecular weight excluding hydrogens is 324 g/mol. The fraction of sp³-hybridized carbons (Fsp3) is 0.111. The first kappa shape index (κ1) is 13.6. The minimum Gasteiger partial charge on any atom is -0.192 e. The second-order valence-corrected chi connectivity index (χ2v) is 5.93. The molecular formula is C18H11BrN2. The molecule has 0 aliphatic heterocycles. The highest BCUT2D eigenvalue weighted by Gasteiger charge is 2.12. The van der Waals surface area contributed by atoms with Crippen molar-refractivity contribution < 1.29 is 0 Å². The van der Waals surface area contributed by atoms with E-state index in [0.29, 0.717) is 17.0 Å². The first-order valence-corrected chi connectivity index (χ1v) is 7.42. The Balaban J connectivity index is 2.07. The maximum Gasteiger partial charge on any atom is 0.101 e. The number of nitriles is 2. The van der Waals surface area contributed by atoms with E-state index in [4.69, 9.17) is 10.5 Å². The summed E-state index contributed by atoms with van der Waals surface area (Å²) < 4.78 is 1.12. The highest BCUT2D eigenvalue weighted by Crippen LogP contribution is 2.31. The molecule has 2 aromatic rings. The third-order valence-electron chi connectivity index (χ3n) is 3.72. The van der Waals surface area contributed by atoms with Crippen molar-refractivity contribution in [1.82, 2.24) is 0 Å². The van der Waals surface area contributed by atoms with E-state index in [1.807, 2.05) is 6.07 Å². The van der Waals surface area contributed by atoms with Gasteiger partial charge in [-0.25, -0.2) is 0 Å². The van der Waals surface area contributed by atoms with Gasteiger partial charge in [0.1, 0.15) is 12.1 Å². The fourth-order valence-electron chi connectivity index (χ4n) is 2.57. The first-order chi connectivity index (χ1) is 10.2. The Hall–Kier alpha value is -2.36. The van der Waals surface area contributed by atoms with Gasteiger partial charge in [-0.05, 0) is 34.9 Å². The molecule has 1 aliphatic carbocycles. The van der Waals surface area contributed by atoms with Crippen LogP contribution >= 0.6 is 15.9 Å². The lowest BCUT2D eigenvalue weighted by atomic mass is 9.90. The van der Waals surface area contributed by atoms with Gasteiger partial charge in [-0.1, -0.05) is 52.4 Å². The molecule has 2 nitrogen and oxygen atoms in total. The zero-order valence-corrected chi connectivity index (χ0v) is 12.8. The van der Waals surface area contributed by atoms with E-state index >= 15 is 0 Å². The van der Waals surface area contributed by atoms with Crippen LogP contribution in [0.25, 0.3) is 10.8 Å². The lowest BCUT2D eigenvalue weighted by Gasteiger charge is -2.15. The van der Waals surface area contributed by atoms with Crippen LogP contribution in [-0.4, -0.2) is 0 Å². The number of halogens is 1. The largest absolute Gasteiger partial charge is 0.192 e. The number of fused-ring (bicyclic) bond motifs is 1.